The van der Waals surface area contributed by atoms with Gasteiger partial charge in [-0.05, 0) is 74.1 Å². The Balaban J connectivity index is 1.89. The number of hydrogen-bond acceptors (Lipinski definition) is 2. The van der Waals surface area contributed by atoms with Gasteiger partial charge in [-0.2, -0.15) is 0 Å². The van der Waals surface area contributed by atoms with Crippen LogP contribution in [0.15, 0.2) is 41.6 Å². The molecule has 0 N–H and O–H groups in total. The highest BCUT2D eigenvalue weighted by molar-refractivity contribution is 7.80. The van der Waals surface area contributed by atoms with Crippen LogP contribution < -0.4 is 0 Å². The quantitative estimate of drug-likeness (QED) is 0.531. The van der Waals surface area contributed by atoms with Crippen molar-refractivity contribution in [3.63, 3.8) is 0 Å². The second-order valence-electron chi connectivity index (χ2n) is 6.97. The second kappa shape index (κ2) is 6.75. The van der Waals surface area contributed by atoms with Gasteiger partial charge in [-0.1, -0.05) is 23.7 Å². The van der Waals surface area contributed by atoms with Crippen LogP contribution in [-0.4, -0.2) is 9.55 Å². The minimum absolute atomic E-state index is 0.201. The van der Waals surface area contributed by atoms with Crippen LogP contribution >= 0.6 is 24.2 Å². The predicted molar refractivity (Wildman–Crippen MR) is 106 cm³/mol. The Bertz CT molecular complexity index is 996. The number of aryl methyl sites for hydroxylation is 3. The summed E-state index contributed by atoms with van der Waals surface area (Å²) in [5, 5.41) is 1.43. The van der Waals surface area contributed by atoms with E-state index >= 15 is 0 Å². The van der Waals surface area contributed by atoms with Crippen molar-refractivity contribution >= 4 is 24.2 Å². The van der Waals surface area contributed by atoms with Crippen molar-refractivity contribution in [1.29, 1.82) is 0 Å². The molecule has 2 nitrogen and oxygen atoms in total. The van der Waals surface area contributed by atoms with E-state index in [-0.39, 0.29) is 11.7 Å². The molecule has 4 rings (SSSR count). The molecule has 0 saturated carbocycles. The third-order valence-electron chi connectivity index (χ3n) is 5.19. The summed E-state index contributed by atoms with van der Waals surface area (Å²) in [7, 11) is 0. The van der Waals surface area contributed by atoms with Crippen LogP contribution in [0.1, 0.15) is 46.8 Å². The molecule has 1 aliphatic rings. The molecule has 5 heteroatoms. The topological polar surface area (TPSA) is 17.8 Å². The molecule has 0 fully saturated rings. The molecule has 2 aromatic carbocycles. The Morgan fingerprint density at radius 2 is 1.96 bits per heavy atom. The van der Waals surface area contributed by atoms with Crippen molar-refractivity contribution in [2.75, 3.05) is 0 Å². The van der Waals surface area contributed by atoms with Crippen molar-refractivity contribution < 1.29 is 4.39 Å². The molecule has 1 atom stereocenters. The van der Waals surface area contributed by atoms with E-state index < -0.39 is 0 Å². The summed E-state index contributed by atoms with van der Waals surface area (Å²) >= 11 is 10.8. The first-order chi connectivity index (χ1) is 12.5. The van der Waals surface area contributed by atoms with Crippen LogP contribution in [0.2, 0.25) is 5.02 Å². The molecule has 1 heterocycles. The zero-order chi connectivity index (χ0) is 18.4. The first kappa shape index (κ1) is 17.6. The molecule has 1 aliphatic carbocycles. The Labute approximate surface area is 163 Å². The second-order valence-corrected chi connectivity index (χ2v) is 7.77. The van der Waals surface area contributed by atoms with Gasteiger partial charge in [0.25, 0.3) is 0 Å². The summed E-state index contributed by atoms with van der Waals surface area (Å²) in [4.78, 5) is 4.70. The smallest absolute Gasteiger partial charge is 0.169 e. The van der Waals surface area contributed by atoms with Gasteiger partial charge in [-0.15, -0.1) is 12.6 Å². The lowest BCUT2D eigenvalue weighted by atomic mass is 9.83. The molecular formula is C21H20ClFN2S. The monoisotopic (exact) mass is 386 g/mol. The third-order valence-corrected chi connectivity index (χ3v) is 5.92. The van der Waals surface area contributed by atoms with Gasteiger partial charge in [0, 0.05) is 16.6 Å². The first-order valence-electron chi connectivity index (χ1n) is 8.78. The van der Waals surface area contributed by atoms with Crippen molar-refractivity contribution in [3.05, 3.63) is 75.3 Å². The van der Waals surface area contributed by atoms with E-state index in [1.807, 2.05) is 19.1 Å². The van der Waals surface area contributed by atoms with Crippen molar-refractivity contribution in [2.24, 2.45) is 0 Å². The van der Waals surface area contributed by atoms with E-state index in [4.69, 9.17) is 16.6 Å². The maximum Gasteiger partial charge on any atom is 0.169 e. The van der Waals surface area contributed by atoms with E-state index in [1.54, 1.807) is 13.0 Å². The van der Waals surface area contributed by atoms with Crippen LogP contribution in [0.5, 0.6) is 0 Å². The Morgan fingerprint density at radius 3 is 2.69 bits per heavy atom. The molecule has 0 saturated heterocycles. The predicted octanol–water partition coefficient (Wildman–Crippen LogP) is 6.04. The maximum absolute atomic E-state index is 13.7. The number of benzene rings is 2. The van der Waals surface area contributed by atoms with E-state index in [0.29, 0.717) is 10.7 Å². The lowest BCUT2D eigenvalue weighted by Gasteiger charge is -2.25. The number of aromatic nitrogens is 2. The normalized spacial score (nSPS) is 16.6. The largest absolute Gasteiger partial charge is 0.291 e. The van der Waals surface area contributed by atoms with E-state index in [0.717, 1.165) is 46.9 Å². The summed E-state index contributed by atoms with van der Waals surface area (Å²) in [5.74, 6) is 0.0294. The molecule has 1 aromatic heterocycles. The number of rotatable bonds is 2. The SMILES string of the molecule is Cc1cc(-n2c(S)nc3c2C(c2ccc(Cl)c(C)c2)CCC3)ccc1F. The van der Waals surface area contributed by atoms with Gasteiger partial charge in [0.05, 0.1) is 11.4 Å². The Kier molecular flexibility index (Phi) is 4.57. The number of hydrogen-bond donors (Lipinski definition) is 1. The van der Waals surface area contributed by atoms with Crippen LogP contribution in [0.3, 0.4) is 0 Å². The van der Waals surface area contributed by atoms with E-state index in [2.05, 4.69) is 29.3 Å². The van der Waals surface area contributed by atoms with E-state index in [9.17, 15) is 4.39 Å². The minimum Gasteiger partial charge on any atom is -0.291 e. The molecular weight excluding hydrogens is 367 g/mol. The van der Waals surface area contributed by atoms with Crippen LogP contribution in [-0.2, 0) is 6.42 Å². The first-order valence-corrected chi connectivity index (χ1v) is 9.61. The average Bonchev–Trinajstić information content (AvgIpc) is 2.95. The van der Waals surface area contributed by atoms with Crippen molar-refractivity contribution in [3.8, 4) is 5.69 Å². The lowest BCUT2D eigenvalue weighted by molar-refractivity contribution is 0.585. The standard InChI is InChI=1S/C21H20ClFN2S/c1-12-10-14(6-8-17(12)22)16-4-3-5-19-20(16)25(21(26)24-19)15-7-9-18(23)13(2)11-15/h6-11,16H,3-5H2,1-2H3,(H,24,26). The van der Waals surface area contributed by atoms with Crippen LogP contribution in [0.4, 0.5) is 4.39 Å². The van der Waals surface area contributed by atoms with Gasteiger partial charge in [-0.25, -0.2) is 9.37 Å². The highest BCUT2D eigenvalue weighted by Gasteiger charge is 2.29. The zero-order valence-electron chi connectivity index (χ0n) is 14.8. The molecule has 3 aromatic rings. The highest BCUT2D eigenvalue weighted by atomic mass is 35.5. The Morgan fingerprint density at radius 1 is 1.15 bits per heavy atom. The number of thiol groups is 1. The molecule has 0 spiro atoms. The molecule has 134 valence electrons. The van der Waals surface area contributed by atoms with Crippen LogP contribution in [0.25, 0.3) is 5.69 Å². The number of nitrogens with zero attached hydrogens (tertiary/aromatic N) is 2. The van der Waals surface area contributed by atoms with Gasteiger partial charge in [0.1, 0.15) is 5.82 Å². The lowest BCUT2D eigenvalue weighted by Crippen LogP contribution is -2.15. The summed E-state index contributed by atoms with van der Waals surface area (Å²) in [6.07, 6.45) is 3.08. The van der Waals surface area contributed by atoms with Gasteiger partial charge >= 0.3 is 0 Å². The van der Waals surface area contributed by atoms with Crippen molar-refractivity contribution in [2.45, 2.75) is 44.2 Å². The van der Waals surface area contributed by atoms with Crippen molar-refractivity contribution in [1.82, 2.24) is 9.55 Å². The number of fused-ring (bicyclic) bond motifs is 1. The van der Waals surface area contributed by atoms with Gasteiger partial charge in [-0.3, -0.25) is 4.57 Å². The maximum atomic E-state index is 13.7. The fraction of sp³-hybridized carbons (Fsp3) is 0.286. The number of imidazole rings is 1. The molecule has 1 unspecified atom stereocenters. The van der Waals surface area contributed by atoms with Gasteiger partial charge in [0.2, 0.25) is 0 Å². The third kappa shape index (κ3) is 2.95. The van der Waals surface area contributed by atoms with E-state index in [1.165, 1.54) is 11.6 Å². The molecule has 0 bridgehead atoms. The summed E-state index contributed by atoms with van der Waals surface area (Å²) < 4.78 is 15.8. The summed E-state index contributed by atoms with van der Waals surface area (Å²) in [6.45, 7) is 3.81. The molecule has 0 aliphatic heterocycles. The zero-order valence-corrected chi connectivity index (χ0v) is 16.4. The fourth-order valence-electron chi connectivity index (χ4n) is 3.85. The van der Waals surface area contributed by atoms with Gasteiger partial charge < -0.3 is 0 Å². The van der Waals surface area contributed by atoms with Gasteiger partial charge in [0.15, 0.2) is 5.16 Å². The van der Waals surface area contributed by atoms with Crippen LogP contribution in [0, 0.1) is 19.7 Å². The minimum atomic E-state index is -0.201. The Hall–Kier alpha value is -1.78. The number of halogens is 2. The highest BCUT2D eigenvalue weighted by Crippen LogP contribution is 2.40. The molecule has 0 amide bonds. The molecule has 0 radical (unpaired) electrons. The average molecular weight is 387 g/mol. The summed E-state index contributed by atoms with van der Waals surface area (Å²) in [5.41, 5.74) is 6.08. The fourth-order valence-corrected chi connectivity index (χ4v) is 4.31. The molecule has 26 heavy (non-hydrogen) atoms. The summed E-state index contributed by atoms with van der Waals surface area (Å²) in [6, 6.07) is 11.4.